The normalized spacial score (nSPS) is 13.4. The lowest BCUT2D eigenvalue weighted by molar-refractivity contribution is -0.887. The SMILES string of the molecule is CC/C=C/C/C=C/CCCCC(=O)OCC(COCCC(C(=O)O)[N+](C)(C)C)OC(=O)CCCCCCCCC/C=C/CCCCCC. The second kappa shape index (κ2) is 31.8. The van der Waals surface area contributed by atoms with Crippen LogP contribution in [0.1, 0.15) is 149 Å². The highest BCUT2D eigenvalue weighted by Crippen LogP contribution is 2.13. The van der Waals surface area contributed by atoms with Crippen LogP contribution in [0.15, 0.2) is 36.5 Å². The van der Waals surface area contributed by atoms with Crippen LogP contribution in [0.2, 0.25) is 0 Å². The van der Waals surface area contributed by atoms with Crippen molar-refractivity contribution in [2.24, 2.45) is 0 Å². The van der Waals surface area contributed by atoms with Gasteiger partial charge in [0.25, 0.3) is 0 Å². The van der Waals surface area contributed by atoms with Crippen molar-refractivity contribution in [2.45, 2.75) is 161 Å². The van der Waals surface area contributed by atoms with Crippen LogP contribution < -0.4 is 0 Å². The molecule has 0 aromatic carbocycles. The quantitative estimate of drug-likeness (QED) is 0.0319. The highest BCUT2D eigenvalue weighted by molar-refractivity contribution is 5.72. The van der Waals surface area contributed by atoms with Crippen molar-refractivity contribution in [1.82, 2.24) is 0 Å². The fourth-order valence-electron chi connectivity index (χ4n) is 5.30. The zero-order valence-corrected chi connectivity index (χ0v) is 31.4. The monoisotopic (exact) mass is 679 g/mol. The number of aliphatic carboxylic acids is 1. The molecule has 0 aliphatic heterocycles. The Labute approximate surface area is 293 Å². The van der Waals surface area contributed by atoms with Crippen LogP contribution >= 0.6 is 0 Å². The van der Waals surface area contributed by atoms with Crippen LogP contribution in [0.5, 0.6) is 0 Å². The highest BCUT2D eigenvalue weighted by Gasteiger charge is 2.31. The van der Waals surface area contributed by atoms with Gasteiger partial charge in [0.1, 0.15) is 6.61 Å². The van der Waals surface area contributed by atoms with E-state index in [9.17, 15) is 19.5 Å². The van der Waals surface area contributed by atoms with Crippen LogP contribution in [-0.2, 0) is 28.6 Å². The minimum Gasteiger partial charge on any atom is -0.477 e. The van der Waals surface area contributed by atoms with Gasteiger partial charge in [-0.1, -0.05) is 102 Å². The van der Waals surface area contributed by atoms with Crippen LogP contribution in [0.4, 0.5) is 0 Å². The zero-order chi connectivity index (χ0) is 35.7. The van der Waals surface area contributed by atoms with Crippen LogP contribution in [-0.4, -0.2) is 80.6 Å². The van der Waals surface area contributed by atoms with Crippen molar-refractivity contribution < 1.29 is 38.2 Å². The first-order chi connectivity index (χ1) is 23.1. The first kappa shape index (κ1) is 45.6. The Hall–Kier alpha value is -2.45. The molecule has 1 N–H and O–H groups in total. The summed E-state index contributed by atoms with van der Waals surface area (Å²) in [5.74, 6) is -1.52. The molecule has 0 fully saturated rings. The number of rotatable bonds is 33. The summed E-state index contributed by atoms with van der Waals surface area (Å²) >= 11 is 0. The Kier molecular flexibility index (Phi) is 30.2. The van der Waals surface area contributed by atoms with E-state index in [1.165, 1.54) is 64.2 Å². The third kappa shape index (κ3) is 29.7. The molecule has 2 atom stereocenters. The van der Waals surface area contributed by atoms with E-state index in [0.717, 1.165) is 51.4 Å². The molecule has 8 nitrogen and oxygen atoms in total. The molecule has 0 aliphatic rings. The largest absolute Gasteiger partial charge is 0.477 e. The molecule has 48 heavy (non-hydrogen) atoms. The first-order valence-corrected chi connectivity index (χ1v) is 19.0. The third-order valence-electron chi connectivity index (χ3n) is 8.27. The van der Waals surface area contributed by atoms with Gasteiger partial charge < -0.3 is 23.8 Å². The Balaban J connectivity index is 4.43. The molecule has 278 valence electrons. The second-order valence-electron chi connectivity index (χ2n) is 13.8. The smallest absolute Gasteiger partial charge is 0.362 e. The fourth-order valence-corrected chi connectivity index (χ4v) is 5.30. The summed E-state index contributed by atoms with van der Waals surface area (Å²) in [6.07, 6.45) is 33.4. The lowest BCUT2D eigenvalue weighted by atomic mass is 10.1. The molecular weight excluding hydrogens is 606 g/mol. The van der Waals surface area contributed by atoms with Gasteiger partial charge in [-0.15, -0.1) is 0 Å². The minimum absolute atomic E-state index is 0.0494. The summed E-state index contributed by atoms with van der Waals surface area (Å²) in [7, 11) is 5.50. The molecule has 8 heteroatoms. The number of esters is 2. The molecule has 0 aromatic heterocycles. The fraction of sp³-hybridized carbons (Fsp3) is 0.775. The molecule has 0 saturated carbocycles. The average Bonchev–Trinajstić information content (AvgIpc) is 3.03. The minimum atomic E-state index is -0.882. The number of hydrogen-bond donors (Lipinski definition) is 1. The molecule has 0 amide bonds. The molecule has 0 aliphatic carbocycles. The molecule has 0 bridgehead atoms. The van der Waals surface area contributed by atoms with E-state index in [1.54, 1.807) is 0 Å². The molecule has 0 spiro atoms. The van der Waals surface area contributed by atoms with Crippen molar-refractivity contribution in [1.29, 1.82) is 0 Å². The zero-order valence-electron chi connectivity index (χ0n) is 31.4. The number of nitrogens with zero attached hydrogens (tertiary/aromatic N) is 1. The van der Waals surface area contributed by atoms with E-state index >= 15 is 0 Å². The van der Waals surface area contributed by atoms with Gasteiger partial charge in [0.15, 0.2) is 12.1 Å². The predicted molar refractivity (Wildman–Crippen MR) is 197 cm³/mol. The van der Waals surface area contributed by atoms with E-state index < -0.39 is 18.1 Å². The second-order valence-corrected chi connectivity index (χ2v) is 13.8. The highest BCUT2D eigenvalue weighted by atomic mass is 16.6. The van der Waals surface area contributed by atoms with Gasteiger partial charge in [0, 0.05) is 19.3 Å². The standard InChI is InChI=1S/C40H71NO7/c1-6-8-10-12-14-16-17-18-19-20-21-23-25-27-29-31-39(43)48-36(34-46-33-32-37(40(44)45)41(3,4)5)35-47-38(42)30-28-26-24-22-15-13-11-9-7-2/h9,11,15-17,22,36-37H,6-8,10,12-14,18-21,23-35H2,1-5H3/p+1/b11-9+,17-16+,22-15+. The van der Waals surface area contributed by atoms with Gasteiger partial charge in [-0.25, -0.2) is 4.79 Å². The lowest BCUT2D eigenvalue weighted by Crippen LogP contribution is -2.50. The van der Waals surface area contributed by atoms with E-state index in [4.69, 9.17) is 14.2 Å². The molecule has 0 radical (unpaired) electrons. The van der Waals surface area contributed by atoms with Gasteiger partial charge in [-0.3, -0.25) is 9.59 Å². The summed E-state index contributed by atoms with van der Waals surface area (Å²) in [4.78, 5) is 36.7. The summed E-state index contributed by atoms with van der Waals surface area (Å²) < 4.78 is 17.1. The van der Waals surface area contributed by atoms with Crippen molar-refractivity contribution in [3.05, 3.63) is 36.5 Å². The number of ether oxygens (including phenoxy) is 3. The Morgan fingerprint density at radius 1 is 0.646 bits per heavy atom. The van der Waals surface area contributed by atoms with Crippen LogP contribution in [0.3, 0.4) is 0 Å². The predicted octanol–water partition coefficient (Wildman–Crippen LogP) is 9.52. The lowest BCUT2D eigenvalue weighted by Gasteiger charge is -2.31. The number of hydrogen-bond acceptors (Lipinski definition) is 6. The molecule has 0 rings (SSSR count). The Morgan fingerprint density at radius 2 is 1.17 bits per heavy atom. The van der Waals surface area contributed by atoms with E-state index in [2.05, 4.69) is 50.3 Å². The summed E-state index contributed by atoms with van der Waals surface area (Å²) in [5, 5.41) is 9.57. The molecule has 0 heterocycles. The van der Waals surface area contributed by atoms with Gasteiger partial charge in [-0.2, -0.15) is 0 Å². The topological polar surface area (TPSA) is 99.1 Å². The van der Waals surface area contributed by atoms with Gasteiger partial charge >= 0.3 is 17.9 Å². The maximum Gasteiger partial charge on any atom is 0.362 e. The van der Waals surface area contributed by atoms with E-state index in [1.807, 2.05) is 21.1 Å². The maximum atomic E-state index is 12.6. The average molecular weight is 679 g/mol. The van der Waals surface area contributed by atoms with Crippen molar-refractivity contribution in [2.75, 3.05) is 41.0 Å². The van der Waals surface area contributed by atoms with E-state index in [0.29, 0.717) is 19.3 Å². The summed E-state index contributed by atoms with van der Waals surface area (Å²) in [6.45, 7) is 4.54. The Morgan fingerprint density at radius 3 is 1.77 bits per heavy atom. The number of carbonyl (C=O) groups is 3. The number of unbranched alkanes of at least 4 members (excludes halogenated alkanes) is 13. The molecule has 2 unspecified atom stereocenters. The van der Waals surface area contributed by atoms with Gasteiger partial charge in [0.05, 0.1) is 34.4 Å². The van der Waals surface area contributed by atoms with Crippen molar-refractivity contribution in [3.63, 3.8) is 0 Å². The van der Waals surface area contributed by atoms with Gasteiger partial charge in [-0.05, 0) is 64.2 Å². The van der Waals surface area contributed by atoms with Crippen LogP contribution in [0, 0.1) is 0 Å². The number of allylic oxidation sites excluding steroid dienone is 6. The number of carbonyl (C=O) groups excluding carboxylic acids is 2. The number of carboxylic acids is 1. The summed E-state index contributed by atoms with van der Waals surface area (Å²) in [5.41, 5.74) is 0. The van der Waals surface area contributed by atoms with E-state index in [-0.39, 0.29) is 36.2 Å². The molecular formula is C40H72NO7+. The molecule has 0 aromatic rings. The third-order valence-corrected chi connectivity index (χ3v) is 8.27. The number of quaternary nitrogens is 1. The Bertz CT molecular complexity index is 891. The van der Waals surface area contributed by atoms with Gasteiger partial charge in [0.2, 0.25) is 0 Å². The van der Waals surface area contributed by atoms with Crippen LogP contribution in [0.25, 0.3) is 0 Å². The number of carboxylic acid groups (broad SMARTS) is 1. The van der Waals surface area contributed by atoms with Crippen molar-refractivity contribution >= 4 is 17.9 Å². The number of likely N-dealkylation sites (N-methyl/N-ethyl adjacent to an activating group) is 1. The molecule has 0 saturated heterocycles. The maximum absolute atomic E-state index is 12.6. The first-order valence-electron chi connectivity index (χ1n) is 19.0. The van der Waals surface area contributed by atoms with Crippen molar-refractivity contribution in [3.8, 4) is 0 Å². The summed E-state index contributed by atoms with van der Waals surface area (Å²) in [6, 6.07) is -0.617.